The fourth-order valence-electron chi connectivity index (χ4n) is 3.49. The van der Waals surface area contributed by atoms with Crippen molar-refractivity contribution in [3.05, 3.63) is 35.4 Å². The van der Waals surface area contributed by atoms with Crippen LogP contribution in [0.3, 0.4) is 0 Å². The van der Waals surface area contributed by atoms with Gasteiger partial charge in [-0.05, 0) is 12.1 Å². The first-order chi connectivity index (χ1) is 12.6. The van der Waals surface area contributed by atoms with Crippen molar-refractivity contribution in [3.63, 3.8) is 0 Å². The maximum atomic E-state index is 12.6. The van der Waals surface area contributed by atoms with E-state index in [1.807, 2.05) is 15.6 Å². The van der Waals surface area contributed by atoms with Crippen LogP contribution < -0.4 is 0 Å². The molecule has 1 N–H and O–H groups in total. The van der Waals surface area contributed by atoms with Gasteiger partial charge < -0.3 is 14.7 Å². The van der Waals surface area contributed by atoms with Crippen LogP contribution in [0.15, 0.2) is 18.3 Å². The Labute approximate surface area is 151 Å². The van der Waals surface area contributed by atoms with Gasteiger partial charge >= 0.3 is 0 Å². The maximum Gasteiger partial charge on any atom is 0.237 e. The average molecular weight is 360 g/mol. The van der Waals surface area contributed by atoms with E-state index >= 15 is 0 Å². The van der Waals surface area contributed by atoms with Crippen LogP contribution in [0.4, 0.5) is 0 Å². The average Bonchev–Trinajstić information content (AvgIpc) is 3.27. The first kappa shape index (κ1) is 17.2. The van der Waals surface area contributed by atoms with E-state index in [9.17, 15) is 9.90 Å². The molecule has 140 valence electrons. The minimum Gasteiger partial charge on any atom is -0.380 e. The number of carbonyl (C=O) groups excluding carboxylic acids is 1. The second-order valence-electron chi connectivity index (χ2n) is 6.77. The number of fused-ring (bicyclic) bond motifs is 1. The third-order valence-electron chi connectivity index (χ3n) is 5.05. The topological polar surface area (TPSA) is 88.7 Å². The van der Waals surface area contributed by atoms with Gasteiger partial charge in [-0.3, -0.25) is 19.1 Å². The number of aromatic nitrogens is 4. The van der Waals surface area contributed by atoms with Gasteiger partial charge in [0, 0.05) is 32.9 Å². The number of nitrogens with zero attached hydrogens (tertiary/aromatic N) is 6. The Kier molecular flexibility index (Phi) is 4.75. The normalized spacial score (nSPS) is 19.4. The third kappa shape index (κ3) is 3.37. The molecule has 9 nitrogen and oxygen atoms in total. The minimum absolute atomic E-state index is 0.132. The molecule has 26 heavy (non-hydrogen) atoms. The van der Waals surface area contributed by atoms with Gasteiger partial charge in [-0.2, -0.15) is 10.2 Å². The summed E-state index contributed by atoms with van der Waals surface area (Å²) in [5, 5.41) is 19.2. The lowest BCUT2D eigenvalue weighted by Gasteiger charge is -2.31. The molecule has 0 unspecified atom stereocenters. The molecular formula is C17H24N6O3. The number of aliphatic hydroxyl groups excluding tert-OH is 1. The van der Waals surface area contributed by atoms with Gasteiger partial charge in [0.1, 0.15) is 6.10 Å². The third-order valence-corrected chi connectivity index (χ3v) is 5.05. The Balaban J connectivity index is 1.43. The van der Waals surface area contributed by atoms with E-state index < -0.39 is 6.10 Å². The summed E-state index contributed by atoms with van der Waals surface area (Å²) >= 11 is 0. The molecule has 1 atom stereocenters. The summed E-state index contributed by atoms with van der Waals surface area (Å²) in [5.74, 6) is 0.132. The lowest BCUT2D eigenvalue weighted by Crippen LogP contribution is -2.46. The van der Waals surface area contributed by atoms with Gasteiger partial charge in [0.25, 0.3) is 0 Å². The molecular weight excluding hydrogens is 336 g/mol. The second kappa shape index (κ2) is 7.18. The lowest BCUT2D eigenvalue weighted by molar-refractivity contribution is -0.135. The number of hydrogen-bond donors (Lipinski definition) is 1. The zero-order chi connectivity index (χ0) is 18.1. The van der Waals surface area contributed by atoms with Gasteiger partial charge in [0.2, 0.25) is 5.91 Å². The largest absolute Gasteiger partial charge is 0.380 e. The van der Waals surface area contributed by atoms with Crippen molar-refractivity contribution in [1.82, 2.24) is 29.4 Å². The number of rotatable bonds is 4. The molecule has 1 amide bonds. The summed E-state index contributed by atoms with van der Waals surface area (Å²) in [7, 11) is 1.79. The molecule has 0 spiro atoms. The zero-order valence-corrected chi connectivity index (χ0v) is 14.9. The van der Waals surface area contributed by atoms with Crippen molar-refractivity contribution in [3.8, 4) is 0 Å². The molecule has 2 aliphatic heterocycles. The van der Waals surface area contributed by atoms with Crippen LogP contribution in [-0.2, 0) is 29.7 Å². The zero-order valence-electron chi connectivity index (χ0n) is 14.9. The molecule has 4 heterocycles. The number of morpholine rings is 1. The molecule has 0 radical (unpaired) electrons. The predicted molar refractivity (Wildman–Crippen MR) is 92.2 cm³/mol. The van der Waals surface area contributed by atoms with E-state index in [0.29, 0.717) is 50.8 Å². The highest BCUT2D eigenvalue weighted by Crippen LogP contribution is 2.23. The van der Waals surface area contributed by atoms with Crippen molar-refractivity contribution in [1.29, 1.82) is 0 Å². The summed E-state index contributed by atoms with van der Waals surface area (Å²) in [6, 6.07) is 3.66. The Bertz CT molecular complexity index is 779. The van der Waals surface area contributed by atoms with Crippen LogP contribution in [0.1, 0.15) is 23.2 Å². The molecule has 2 aromatic heterocycles. The first-order valence-electron chi connectivity index (χ1n) is 8.92. The molecule has 0 aromatic carbocycles. The minimum atomic E-state index is -0.821. The standard InChI is InChI=1S/C17H24N6O3/c1-20-15(2-3-18-20)17(25)14-10-13-11-22(4-5-23(13)19-14)16(24)12-21-6-8-26-9-7-21/h2-3,10,17,25H,4-9,11-12H2,1H3/t17-/m1/s1. The van der Waals surface area contributed by atoms with Crippen molar-refractivity contribution in [2.75, 3.05) is 39.4 Å². The Morgan fingerprint density at radius 3 is 2.85 bits per heavy atom. The number of ether oxygens (including phenoxy) is 1. The highest BCUT2D eigenvalue weighted by molar-refractivity contribution is 5.78. The van der Waals surface area contributed by atoms with Gasteiger partial charge in [-0.25, -0.2) is 0 Å². The Hall–Kier alpha value is -2.23. The van der Waals surface area contributed by atoms with Gasteiger partial charge in [0.15, 0.2) is 0 Å². The first-order valence-corrected chi connectivity index (χ1v) is 8.92. The van der Waals surface area contributed by atoms with E-state index in [2.05, 4.69) is 15.1 Å². The van der Waals surface area contributed by atoms with E-state index in [1.165, 1.54) is 0 Å². The van der Waals surface area contributed by atoms with Crippen molar-refractivity contribution >= 4 is 5.91 Å². The van der Waals surface area contributed by atoms with Crippen molar-refractivity contribution in [2.24, 2.45) is 7.05 Å². The number of aryl methyl sites for hydroxylation is 1. The van der Waals surface area contributed by atoms with Gasteiger partial charge in [-0.15, -0.1) is 0 Å². The molecule has 9 heteroatoms. The van der Waals surface area contributed by atoms with Crippen LogP contribution in [-0.4, -0.2) is 79.8 Å². The van der Waals surface area contributed by atoms with Crippen LogP contribution in [0.5, 0.6) is 0 Å². The van der Waals surface area contributed by atoms with E-state index in [4.69, 9.17) is 4.74 Å². The Morgan fingerprint density at radius 1 is 1.31 bits per heavy atom. The molecule has 1 saturated heterocycles. The van der Waals surface area contributed by atoms with E-state index in [1.54, 1.807) is 24.0 Å². The smallest absolute Gasteiger partial charge is 0.237 e. The molecule has 0 aliphatic carbocycles. The molecule has 0 bridgehead atoms. The summed E-state index contributed by atoms with van der Waals surface area (Å²) in [6.07, 6.45) is 0.832. The maximum absolute atomic E-state index is 12.6. The lowest BCUT2D eigenvalue weighted by atomic mass is 10.1. The SMILES string of the molecule is Cn1nccc1[C@H](O)c1cc2n(n1)CCN(C(=O)CN1CCOCC1)C2. The highest BCUT2D eigenvalue weighted by atomic mass is 16.5. The summed E-state index contributed by atoms with van der Waals surface area (Å²) in [5.41, 5.74) is 2.23. The Morgan fingerprint density at radius 2 is 2.12 bits per heavy atom. The number of hydrogen-bond acceptors (Lipinski definition) is 6. The van der Waals surface area contributed by atoms with Gasteiger partial charge in [-0.1, -0.05) is 0 Å². The fourth-order valence-corrected chi connectivity index (χ4v) is 3.49. The van der Waals surface area contributed by atoms with Crippen molar-refractivity contribution in [2.45, 2.75) is 19.2 Å². The predicted octanol–water partition coefficient (Wildman–Crippen LogP) is -0.627. The summed E-state index contributed by atoms with van der Waals surface area (Å²) in [4.78, 5) is 16.6. The van der Waals surface area contributed by atoms with Crippen LogP contribution in [0, 0.1) is 0 Å². The summed E-state index contributed by atoms with van der Waals surface area (Å²) in [6.45, 7) is 5.22. The van der Waals surface area contributed by atoms with Crippen LogP contribution >= 0.6 is 0 Å². The molecule has 4 rings (SSSR count). The highest BCUT2D eigenvalue weighted by Gasteiger charge is 2.26. The number of amides is 1. The van der Waals surface area contributed by atoms with Gasteiger partial charge in [0.05, 0.1) is 49.9 Å². The molecule has 2 aromatic rings. The molecule has 0 saturated carbocycles. The number of aliphatic hydroxyl groups is 1. The number of carbonyl (C=O) groups is 1. The van der Waals surface area contributed by atoms with Crippen LogP contribution in [0.25, 0.3) is 0 Å². The van der Waals surface area contributed by atoms with Crippen molar-refractivity contribution < 1.29 is 14.6 Å². The quantitative estimate of drug-likeness (QED) is 0.781. The second-order valence-corrected chi connectivity index (χ2v) is 6.77. The van der Waals surface area contributed by atoms with E-state index in [-0.39, 0.29) is 5.91 Å². The van der Waals surface area contributed by atoms with Crippen LogP contribution in [0.2, 0.25) is 0 Å². The summed E-state index contributed by atoms with van der Waals surface area (Å²) < 4.78 is 8.85. The molecule has 1 fully saturated rings. The monoisotopic (exact) mass is 360 g/mol. The van der Waals surface area contributed by atoms with E-state index in [0.717, 1.165) is 18.8 Å². The molecule has 2 aliphatic rings. The fraction of sp³-hybridized carbons (Fsp3) is 0.588.